The van der Waals surface area contributed by atoms with Crippen molar-refractivity contribution in [2.75, 3.05) is 7.05 Å². The van der Waals surface area contributed by atoms with Crippen LogP contribution in [-0.4, -0.2) is 7.05 Å². The number of rotatable bonds is 4. The van der Waals surface area contributed by atoms with Crippen molar-refractivity contribution in [1.82, 2.24) is 5.32 Å². The van der Waals surface area contributed by atoms with Gasteiger partial charge in [-0.05, 0) is 44.9 Å². The Bertz CT molecular complexity index is 306. The lowest BCUT2D eigenvalue weighted by Gasteiger charge is -2.29. The Morgan fingerprint density at radius 2 is 2.20 bits per heavy atom. The number of thiophene rings is 1. The first kappa shape index (κ1) is 11.2. The normalized spacial score (nSPS) is 18.9. The molecule has 2 heteroatoms. The smallest absolute Gasteiger partial charge is 0.0415 e. The molecule has 1 unspecified atom stereocenters. The third kappa shape index (κ3) is 2.43. The van der Waals surface area contributed by atoms with Crippen LogP contribution in [0.15, 0.2) is 6.07 Å². The lowest BCUT2D eigenvalue weighted by molar-refractivity contribution is 0.267. The summed E-state index contributed by atoms with van der Waals surface area (Å²) < 4.78 is 0. The Labute approximate surface area is 96.9 Å². The van der Waals surface area contributed by atoms with Gasteiger partial charge in [0.25, 0.3) is 0 Å². The first-order valence-corrected chi connectivity index (χ1v) is 6.76. The fraction of sp³-hybridized carbons (Fsp3) is 0.692. The third-order valence-electron chi connectivity index (χ3n) is 3.67. The van der Waals surface area contributed by atoms with Crippen LogP contribution < -0.4 is 5.32 Å². The van der Waals surface area contributed by atoms with E-state index in [9.17, 15) is 0 Å². The molecule has 15 heavy (non-hydrogen) atoms. The van der Waals surface area contributed by atoms with Crippen molar-refractivity contribution in [3.8, 4) is 0 Å². The van der Waals surface area contributed by atoms with Crippen LogP contribution in [0, 0.1) is 19.8 Å². The lowest BCUT2D eigenvalue weighted by atomic mass is 9.80. The average Bonchev–Trinajstić information content (AvgIpc) is 2.45. The Kier molecular flexibility index (Phi) is 3.47. The van der Waals surface area contributed by atoms with Gasteiger partial charge in [0.15, 0.2) is 0 Å². The number of hydrogen-bond acceptors (Lipinski definition) is 2. The monoisotopic (exact) mass is 223 g/mol. The maximum absolute atomic E-state index is 3.47. The molecule has 1 aromatic rings. The van der Waals surface area contributed by atoms with Gasteiger partial charge < -0.3 is 5.32 Å². The molecule has 1 aromatic heterocycles. The Morgan fingerprint density at radius 1 is 1.47 bits per heavy atom. The third-order valence-corrected chi connectivity index (χ3v) is 4.94. The first-order valence-electron chi connectivity index (χ1n) is 5.95. The van der Waals surface area contributed by atoms with Crippen LogP contribution in [0.5, 0.6) is 0 Å². The van der Waals surface area contributed by atoms with Gasteiger partial charge in [-0.2, -0.15) is 0 Å². The standard InChI is InChI=1S/C13H21NS/c1-9-7-13(15-10(9)2)12(14-3)8-11-5-4-6-11/h7,11-12,14H,4-6,8H2,1-3H3. The summed E-state index contributed by atoms with van der Waals surface area (Å²) in [6.45, 7) is 4.44. The maximum Gasteiger partial charge on any atom is 0.0415 e. The van der Waals surface area contributed by atoms with Crippen molar-refractivity contribution in [2.24, 2.45) is 5.92 Å². The molecule has 1 saturated carbocycles. The van der Waals surface area contributed by atoms with Crippen LogP contribution in [0.1, 0.15) is 47.0 Å². The molecule has 84 valence electrons. The minimum absolute atomic E-state index is 0.590. The molecule has 0 amide bonds. The molecule has 1 heterocycles. The fourth-order valence-corrected chi connectivity index (χ4v) is 3.38. The molecule has 0 aliphatic heterocycles. The number of hydrogen-bond donors (Lipinski definition) is 1. The summed E-state index contributed by atoms with van der Waals surface area (Å²) >= 11 is 1.96. The van der Waals surface area contributed by atoms with Gasteiger partial charge >= 0.3 is 0 Å². The van der Waals surface area contributed by atoms with Crippen molar-refractivity contribution in [2.45, 2.75) is 45.6 Å². The number of nitrogens with one attached hydrogen (secondary N) is 1. The molecule has 0 aromatic carbocycles. The van der Waals surface area contributed by atoms with E-state index in [1.807, 2.05) is 11.3 Å². The van der Waals surface area contributed by atoms with E-state index in [1.165, 1.54) is 41.0 Å². The highest BCUT2D eigenvalue weighted by atomic mass is 32.1. The Balaban J connectivity index is 2.04. The van der Waals surface area contributed by atoms with Crippen LogP contribution in [0.3, 0.4) is 0 Å². The highest BCUT2D eigenvalue weighted by molar-refractivity contribution is 7.12. The second-order valence-electron chi connectivity index (χ2n) is 4.76. The van der Waals surface area contributed by atoms with Crippen LogP contribution in [-0.2, 0) is 0 Å². The van der Waals surface area contributed by atoms with Crippen molar-refractivity contribution in [3.63, 3.8) is 0 Å². The molecule has 1 N–H and O–H groups in total. The molecular weight excluding hydrogens is 202 g/mol. The predicted molar refractivity (Wildman–Crippen MR) is 67.6 cm³/mol. The van der Waals surface area contributed by atoms with Crippen molar-refractivity contribution < 1.29 is 0 Å². The Morgan fingerprint density at radius 3 is 2.60 bits per heavy atom. The van der Waals surface area contributed by atoms with Crippen LogP contribution >= 0.6 is 11.3 Å². The van der Waals surface area contributed by atoms with Gasteiger partial charge in [-0.1, -0.05) is 19.3 Å². The zero-order valence-electron chi connectivity index (χ0n) is 9.97. The lowest BCUT2D eigenvalue weighted by Crippen LogP contribution is -2.22. The molecule has 1 aliphatic rings. The van der Waals surface area contributed by atoms with E-state index >= 15 is 0 Å². The van der Waals surface area contributed by atoms with E-state index in [1.54, 1.807) is 0 Å². The summed E-state index contributed by atoms with van der Waals surface area (Å²) in [5.41, 5.74) is 1.45. The molecule has 0 spiro atoms. The van der Waals surface area contributed by atoms with Crippen LogP contribution in [0.4, 0.5) is 0 Å². The second kappa shape index (κ2) is 4.67. The molecule has 1 aliphatic carbocycles. The molecule has 0 saturated heterocycles. The van der Waals surface area contributed by atoms with Gasteiger partial charge in [0, 0.05) is 15.8 Å². The summed E-state index contributed by atoms with van der Waals surface area (Å²) in [7, 11) is 2.09. The highest BCUT2D eigenvalue weighted by Crippen LogP contribution is 2.37. The topological polar surface area (TPSA) is 12.0 Å². The zero-order valence-corrected chi connectivity index (χ0v) is 10.8. The van der Waals surface area contributed by atoms with Gasteiger partial charge in [0.05, 0.1) is 0 Å². The minimum Gasteiger partial charge on any atom is -0.312 e. The number of aryl methyl sites for hydroxylation is 2. The highest BCUT2D eigenvalue weighted by Gasteiger charge is 2.23. The van der Waals surface area contributed by atoms with Gasteiger partial charge in [-0.15, -0.1) is 11.3 Å². The molecule has 1 atom stereocenters. The summed E-state index contributed by atoms with van der Waals surface area (Å²) in [6, 6.07) is 2.95. The molecular formula is C13H21NS. The van der Waals surface area contributed by atoms with E-state index in [0.717, 1.165) is 5.92 Å². The largest absolute Gasteiger partial charge is 0.312 e. The van der Waals surface area contributed by atoms with Crippen molar-refractivity contribution >= 4 is 11.3 Å². The average molecular weight is 223 g/mol. The SMILES string of the molecule is CNC(CC1CCC1)c1cc(C)c(C)s1. The zero-order chi connectivity index (χ0) is 10.8. The van der Waals surface area contributed by atoms with E-state index in [4.69, 9.17) is 0 Å². The van der Waals surface area contributed by atoms with Crippen molar-refractivity contribution in [1.29, 1.82) is 0 Å². The van der Waals surface area contributed by atoms with E-state index in [2.05, 4.69) is 32.3 Å². The van der Waals surface area contributed by atoms with E-state index in [-0.39, 0.29) is 0 Å². The predicted octanol–water partition coefficient (Wildman–Crippen LogP) is 3.82. The maximum atomic E-state index is 3.47. The first-order chi connectivity index (χ1) is 7.20. The quantitative estimate of drug-likeness (QED) is 0.818. The fourth-order valence-electron chi connectivity index (χ4n) is 2.21. The van der Waals surface area contributed by atoms with Crippen LogP contribution in [0.25, 0.3) is 0 Å². The van der Waals surface area contributed by atoms with Gasteiger partial charge in [-0.3, -0.25) is 0 Å². The summed E-state index contributed by atoms with van der Waals surface area (Å²) in [6.07, 6.45) is 5.67. The van der Waals surface area contributed by atoms with Gasteiger partial charge in [0.2, 0.25) is 0 Å². The minimum atomic E-state index is 0.590. The van der Waals surface area contributed by atoms with E-state index in [0.29, 0.717) is 6.04 Å². The Hall–Kier alpha value is -0.340. The molecule has 1 nitrogen and oxygen atoms in total. The van der Waals surface area contributed by atoms with Crippen LogP contribution in [0.2, 0.25) is 0 Å². The second-order valence-corrected chi connectivity index (χ2v) is 6.05. The van der Waals surface area contributed by atoms with Gasteiger partial charge in [0.1, 0.15) is 0 Å². The molecule has 0 bridgehead atoms. The van der Waals surface area contributed by atoms with Crippen molar-refractivity contribution in [3.05, 3.63) is 21.4 Å². The summed E-state index contributed by atoms with van der Waals surface area (Å²) in [4.78, 5) is 3.00. The summed E-state index contributed by atoms with van der Waals surface area (Å²) in [5.74, 6) is 0.977. The van der Waals surface area contributed by atoms with Gasteiger partial charge in [-0.25, -0.2) is 0 Å². The molecule has 1 fully saturated rings. The molecule has 0 radical (unpaired) electrons. The molecule has 2 rings (SSSR count). The summed E-state index contributed by atoms with van der Waals surface area (Å²) in [5, 5.41) is 3.47. The van der Waals surface area contributed by atoms with E-state index < -0.39 is 0 Å².